The highest BCUT2D eigenvalue weighted by molar-refractivity contribution is 14.0. The van der Waals surface area contributed by atoms with Crippen LogP contribution in [0.2, 0.25) is 0 Å². The summed E-state index contributed by atoms with van der Waals surface area (Å²) in [4.78, 5) is 4.30. The van der Waals surface area contributed by atoms with Crippen LogP contribution in [0.4, 0.5) is 0 Å². The van der Waals surface area contributed by atoms with Gasteiger partial charge in [-0.2, -0.15) is 0 Å². The largest absolute Gasteiger partial charge is 0.497 e. The van der Waals surface area contributed by atoms with E-state index in [1.54, 1.807) is 7.11 Å². The molecule has 1 aliphatic carbocycles. The van der Waals surface area contributed by atoms with Crippen LogP contribution in [0.1, 0.15) is 38.2 Å². The molecule has 0 aromatic heterocycles. The Morgan fingerprint density at radius 2 is 2.09 bits per heavy atom. The molecular weight excluding hydrogens is 389 g/mol. The monoisotopic (exact) mass is 417 g/mol. The minimum atomic E-state index is 0. The number of guanidine groups is 1. The molecule has 1 saturated carbocycles. The van der Waals surface area contributed by atoms with Crippen molar-refractivity contribution in [1.82, 2.24) is 10.6 Å². The predicted molar refractivity (Wildman–Crippen MR) is 103 cm³/mol. The van der Waals surface area contributed by atoms with Crippen LogP contribution in [0.3, 0.4) is 0 Å². The van der Waals surface area contributed by atoms with Gasteiger partial charge in [0.1, 0.15) is 5.75 Å². The molecule has 5 heteroatoms. The van der Waals surface area contributed by atoms with Crippen LogP contribution >= 0.6 is 24.0 Å². The number of hydrogen-bond donors (Lipinski definition) is 2. The second-order valence-electron chi connectivity index (χ2n) is 5.84. The van der Waals surface area contributed by atoms with Crippen LogP contribution in [-0.4, -0.2) is 26.7 Å². The van der Waals surface area contributed by atoms with E-state index >= 15 is 0 Å². The zero-order valence-corrected chi connectivity index (χ0v) is 16.1. The maximum Gasteiger partial charge on any atom is 0.191 e. The van der Waals surface area contributed by atoms with Gasteiger partial charge in [-0.15, -0.1) is 24.0 Å². The third-order valence-electron chi connectivity index (χ3n) is 4.61. The average Bonchev–Trinajstić information content (AvgIpc) is 2.49. The molecular formula is C17H28IN3O. The van der Waals surface area contributed by atoms with Gasteiger partial charge in [-0.05, 0) is 42.4 Å². The first-order valence-corrected chi connectivity index (χ1v) is 7.79. The lowest BCUT2D eigenvalue weighted by Gasteiger charge is -2.41. The molecule has 0 unspecified atom stereocenters. The number of hydrogen-bond acceptors (Lipinski definition) is 2. The van der Waals surface area contributed by atoms with Crippen LogP contribution in [0, 0.1) is 5.41 Å². The van der Waals surface area contributed by atoms with Gasteiger partial charge in [-0.3, -0.25) is 4.99 Å². The summed E-state index contributed by atoms with van der Waals surface area (Å²) in [6.45, 7) is 4.05. The number of methoxy groups -OCH3 is 1. The first-order chi connectivity index (χ1) is 10.2. The van der Waals surface area contributed by atoms with Gasteiger partial charge >= 0.3 is 0 Å². The van der Waals surface area contributed by atoms with Crippen molar-refractivity contribution in [2.24, 2.45) is 10.4 Å². The zero-order valence-electron chi connectivity index (χ0n) is 13.8. The van der Waals surface area contributed by atoms with E-state index in [-0.39, 0.29) is 24.0 Å². The third-order valence-corrected chi connectivity index (χ3v) is 4.61. The number of halogens is 1. The highest BCUT2D eigenvalue weighted by atomic mass is 127. The quantitative estimate of drug-likeness (QED) is 0.423. The maximum atomic E-state index is 5.24. The molecule has 1 fully saturated rings. The summed E-state index contributed by atoms with van der Waals surface area (Å²) in [6.07, 6.45) is 5.28. The fourth-order valence-corrected chi connectivity index (χ4v) is 2.79. The Kier molecular flexibility index (Phi) is 8.00. The van der Waals surface area contributed by atoms with Gasteiger partial charge in [0.2, 0.25) is 0 Å². The van der Waals surface area contributed by atoms with Crippen molar-refractivity contribution in [3.63, 3.8) is 0 Å². The molecule has 0 spiro atoms. The van der Waals surface area contributed by atoms with E-state index in [0.29, 0.717) is 5.41 Å². The number of aliphatic imine (C=N–C) groups is 1. The van der Waals surface area contributed by atoms with Crippen LogP contribution in [-0.2, 0) is 6.54 Å². The SMILES string of the molecule is CCC1(CNC(=NC)NCc2cccc(OC)c2)CCC1.I. The maximum absolute atomic E-state index is 5.24. The normalized spacial score (nSPS) is 16.2. The van der Waals surface area contributed by atoms with E-state index in [1.807, 2.05) is 25.2 Å². The van der Waals surface area contributed by atoms with Crippen molar-refractivity contribution in [2.75, 3.05) is 20.7 Å². The van der Waals surface area contributed by atoms with E-state index < -0.39 is 0 Å². The molecule has 1 aliphatic rings. The van der Waals surface area contributed by atoms with E-state index in [1.165, 1.54) is 31.2 Å². The molecule has 1 aromatic carbocycles. The summed E-state index contributed by atoms with van der Waals surface area (Å²) < 4.78 is 5.24. The molecule has 0 saturated heterocycles. The lowest BCUT2D eigenvalue weighted by atomic mass is 9.67. The Morgan fingerprint density at radius 3 is 2.64 bits per heavy atom. The van der Waals surface area contributed by atoms with Gasteiger partial charge in [0.15, 0.2) is 5.96 Å². The molecule has 0 atom stereocenters. The Labute approximate surface area is 151 Å². The van der Waals surface area contributed by atoms with Crippen LogP contribution < -0.4 is 15.4 Å². The fourth-order valence-electron chi connectivity index (χ4n) is 2.79. The minimum Gasteiger partial charge on any atom is -0.497 e. The molecule has 4 nitrogen and oxygen atoms in total. The van der Waals surface area contributed by atoms with Gasteiger partial charge < -0.3 is 15.4 Å². The summed E-state index contributed by atoms with van der Waals surface area (Å²) in [6, 6.07) is 8.09. The molecule has 2 N–H and O–H groups in total. The van der Waals surface area contributed by atoms with E-state index in [4.69, 9.17) is 4.74 Å². The van der Waals surface area contributed by atoms with Gasteiger partial charge in [-0.1, -0.05) is 25.5 Å². The summed E-state index contributed by atoms with van der Waals surface area (Å²) in [5.41, 5.74) is 1.68. The second kappa shape index (κ2) is 9.22. The van der Waals surface area contributed by atoms with E-state index in [0.717, 1.165) is 24.8 Å². The van der Waals surface area contributed by atoms with Gasteiger partial charge in [0, 0.05) is 20.1 Å². The fraction of sp³-hybridized carbons (Fsp3) is 0.588. The van der Waals surface area contributed by atoms with E-state index in [9.17, 15) is 0 Å². The summed E-state index contributed by atoms with van der Waals surface area (Å²) in [5.74, 6) is 1.76. The molecule has 22 heavy (non-hydrogen) atoms. The number of nitrogens with zero attached hydrogens (tertiary/aromatic N) is 1. The zero-order chi connectivity index (χ0) is 15.1. The summed E-state index contributed by atoms with van der Waals surface area (Å²) in [5, 5.41) is 6.83. The molecule has 0 aliphatic heterocycles. The van der Waals surface area contributed by atoms with Crippen molar-refractivity contribution < 1.29 is 4.74 Å². The van der Waals surface area contributed by atoms with Crippen LogP contribution in [0.15, 0.2) is 29.3 Å². The Bertz CT molecular complexity index is 481. The average molecular weight is 417 g/mol. The van der Waals surface area contributed by atoms with Crippen molar-refractivity contribution >= 4 is 29.9 Å². The third kappa shape index (κ3) is 5.04. The lowest BCUT2D eigenvalue weighted by Crippen LogP contribution is -2.46. The molecule has 0 bridgehead atoms. The number of nitrogens with one attached hydrogen (secondary N) is 2. The second-order valence-corrected chi connectivity index (χ2v) is 5.84. The minimum absolute atomic E-state index is 0. The number of benzene rings is 1. The molecule has 1 aromatic rings. The van der Waals surface area contributed by atoms with E-state index in [2.05, 4.69) is 28.6 Å². The van der Waals surface area contributed by atoms with Gasteiger partial charge in [-0.25, -0.2) is 0 Å². The highest BCUT2D eigenvalue weighted by Gasteiger charge is 2.34. The Hall–Kier alpha value is -0.980. The molecule has 0 amide bonds. The Balaban J connectivity index is 0.00000242. The predicted octanol–water partition coefficient (Wildman–Crippen LogP) is 3.56. The number of ether oxygens (including phenoxy) is 1. The van der Waals surface area contributed by atoms with Crippen molar-refractivity contribution in [1.29, 1.82) is 0 Å². The van der Waals surface area contributed by atoms with Gasteiger partial charge in [0.05, 0.1) is 7.11 Å². The number of rotatable bonds is 6. The Morgan fingerprint density at radius 1 is 1.32 bits per heavy atom. The van der Waals surface area contributed by atoms with Crippen LogP contribution in [0.5, 0.6) is 5.75 Å². The topological polar surface area (TPSA) is 45.7 Å². The standard InChI is InChI=1S/C17H27N3O.HI/c1-4-17(9-6-10-17)13-20-16(18-2)19-12-14-7-5-8-15(11-14)21-3;/h5,7-8,11H,4,6,9-10,12-13H2,1-3H3,(H2,18,19,20);1H. The van der Waals surface area contributed by atoms with Crippen molar-refractivity contribution in [3.05, 3.63) is 29.8 Å². The van der Waals surface area contributed by atoms with Gasteiger partial charge in [0.25, 0.3) is 0 Å². The first kappa shape index (κ1) is 19.1. The molecule has 124 valence electrons. The lowest BCUT2D eigenvalue weighted by molar-refractivity contribution is 0.131. The molecule has 0 heterocycles. The molecule has 2 rings (SSSR count). The molecule has 0 radical (unpaired) electrons. The van der Waals surface area contributed by atoms with Crippen molar-refractivity contribution in [3.8, 4) is 5.75 Å². The van der Waals surface area contributed by atoms with Crippen LogP contribution in [0.25, 0.3) is 0 Å². The highest BCUT2D eigenvalue weighted by Crippen LogP contribution is 2.42. The summed E-state index contributed by atoms with van der Waals surface area (Å²) >= 11 is 0. The first-order valence-electron chi connectivity index (χ1n) is 7.79. The summed E-state index contributed by atoms with van der Waals surface area (Å²) in [7, 11) is 3.51. The van der Waals surface area contributed by atoms with Crippen molar-refractivity contribution in [2.45, 2.75) is 39.2 Å². The smallest absolute Gasteiger partial charge is 0.191 e.